The molecule has 2 N–H and O–H groups in total. The van der Waals surface area contributed by atoms with Gasteiger partial charge < -0.3 is 19.1 Å². The number of esters is 1. The fraction of sp³-hybridized carbons (Fsp3) is 0.778. The molecular formula is C9H19ClO6Si. The molecule has 0 radical (unpaired) electrons. The number of ether oxygens (including phenoxy) is 1. The van der Waals surface area contributed by atoms with E-state index in [0.717, 1.165) is 6.92 Å². The van der Waals surface area contributed by atoms with Crippen LogP contribution in [0, 0.1) is 0 Å². The maximum Gasteiger partial charge on any atom is 0.329 e. The lowest BCUT2D eigenvalue weighted by atomic mass is 10.4. The van der Waals surface area contributed by atoms with Crippen LogP contribution >= 0.6 is 11.6 Å². The molecule has 0 aromatic rings. The van der Waals surface area contributed by atoms with E-state index in [1.807, 2.05) is 0 Å². The lowest BCUT2D eigenvalue weighted by molar-refractivity contribution is -0.143. The molecule has 0 amide bonds. The predicted molar refractivity (Wildman–Crippen MR) is 65.2 cm³/mol. The van der Waals surface area contributed by atoms with E-state index in [-0.39, 0.29) is 18.5 Å². The molecule has 0 saturated heterocycles. The Balaban J connectivity index is 0. The van der Waals surface area contributed by atoms with E-state index in [4.69, 9.17) is 30.7 Å². The highest BCUT2D eigenvalue weighted by Gasteiger charge is 2.24. The summed E-state index contributed by atoms with van der Waals surface area (Å²) in [6.07, 6.45) is -0.419. The van der Waals surface area contributed by atoms with Crippen LogP contribution in [0.3, 0.4) is 0 Å². The van der Waals surface area contributed by atoms with Crippen LogP contribution in [0.2, 0.25) is 13.1 Å². The van der Waals surface area contributed by atoms with Crippen molar-refractivity contribution in [2.45, 2.75) is 33.0 Å². The van der Waals surface area contributed by atoms with Crippen molar-refractivity contribution >= 4 is 32.1 Å². The zero-order valence-electron chi connectivity index (χ0n) is 10.4. The normalized spacial score (nSPS) is 12.1. The molecule has 0 aromatic carbocycles. The SMILES string of the molecule is CC(=O)O.CC(=O)OCC(CCl)O[Si](C)(C)O. The van der Waals surface area contributed by atoms with Crippen molar-refractivity contribution in [3.05, 3.63) is 0 Å². The third kappa shape index (κ3) is 21.3. The monoisotopic (exact) mass is 286 g/mol. The van der Waals surface area contributed by atoms with Gasteiger partial charge in [-0.2, -0.15) is 0 Å². The van der Waals surface area contributed by atoms with Crippen molar-refractivity contribution in [3.63, 3.8) is 0 Å². The highest BCUT2D eigenvalue weighted by molar-refractivity contribution is 6.63. The molecule has 6 nitrogen and oxygen atoms in total. The number of alkyl halides is 1. The number of halogens is 1. The molecule has 102 valence electrons. The molecule has 0 aliphatic carbocycles. The first-order valence-corrected chi connectivity index (χ1v) is 8.26. The first kappa shape index (κ1) is 18.7. The van der Waals surface area contributed by atoms with Gasteiger partial charge in [-0.1, -0.05) is 0 Å². The molecule has 0 saturated carbocycles. The Morgan fingerprint density at radius 3 is 2.00 bits per heavy atom. The molecule has 17 heavy (non-hydrogen) atoms. The molecule has 1 atom stereocenters. The number of carboxylic acid groups (broad SMARTS) is 1. The number of rotatable bonds is 5. The van der Waals surface area contributed by atoms with Crippen LogP contribution in [0.4, 0.5) is 0 Å². The summed E-state index contributed by atoms with van der Waals surface area (Å²) in [6.45, 7) is 5.74. The summed E-state index contributed by atoms with van der Waals surface area (Å²) in [5.74, 6) is -1.01. The van der Waals surface area contributed by atoms with Gasteiger partial charge in [0, 0.05) is 13.8 Å². The fourth-order valence-corrected chi connectivity index (χ4v) is 1.95. The third-order valence-corrected chi connectivity index (χ3v) is 2.35. The Labute approximate surface area is 107 Å². The molecule has 0 bridgehead atoms. The topological polar surface area (TPSA) is 93.1 Å². The Morgan fingerprint density at radius 1 is 1.35 bits per heavy atom. The van der Waals surface area contributed by atoms with Gasteiger partial charge in [-0.05, 0) is 13.1 Å². The molecule has 0 fully saturated rings. The van der Waals surface area contributed by atoms with E-state index >= 15 is 0 Å². The zero-order chi connectivity index (χ0) is 14.1. The molecule has 0 rings (SSSR count). The van der Waals surface area contributed by atoms with Crippen LogP contribution in [-0.4, -0.2) is 49.0 Å². The fourth-order valence-electron chi connectivity index (χ4n) is 0.728. The van der Waals surface area contributed by atoms with Crippen molar-refractivity contribution in [1.82, 2.24) is 0 Å². The lowest BCUT2D eigenvalue weighted by Gasteiger charge is -2.22. The van der Waals surface area contributed by atoms with Gasteiger partial charge in [0.05, 0.1) is 12.0 Å². The van der Waals surface area contributed by atoms with E-state index in [2.05, 4.69) is 0 Å². The van der Waals surface area contributed by atoms with Gasteiger partial charge in [-0.15, -0.1) is 11.6 Å². The minimum absolute atomic E-state index is 0.0931. The van der Waals surface area contributed by atoms with Crippen molar-refractivity contribution in [1.29, 1.82) is 0 Å². The highest BCUT2D eigenvalue weighted by Crippen LogP contribution is 2.06. The summed E-state index contributed by atoms with van der Waals surface area (Å²) in [6, 6.07) is 0. The van der Waals surface area contributed by atoms with Crippen molar-refractivity contribution < 1.29 is 28.7 Å². The van der Waals surface area contributed by atoms with E-state index in [1.54, 1.807) is 13.1 Å². The summed E-state index contributed by atoms with van der Waals surface area (Å²) in [5, 5.41) is 7.42. The van der Waals surface area contributed by atoms with Crippen LogP contribution in [0.5, 0.6) is 0 Å². The standard InChI is InChI=1S/C7H15ClO4Si.C2H4O2/c1-6(9)11-5-7(4-8)12-13(2,3)10;1-2(3)4/h7,10H,4-5H2,1-3H3;1H3,(H,3,4). The molecule has 0 aliphatic heterocycles. The Bertz CT molecular complexity index is 236. The second kappa shape index (κ2) is 9.40. The van der Waals surface area contributed by atoms with Crippen LogP contribution in [0.15, 0.2) is 0 Å². The quantitative estimate of drug-likeness (QED) is 0.444. The minimum Gasteiger partial charge on any atom is -0.481 e. The second-order valence-electron chi connectivity index (χ2n) is 3.66. The first-order valence-electron chi connectivity index (χ1n) is 4.87. The van der Waals surface area contributed by atoms with Crippen LogP contribution < -0.4 is 0 Å². The molecule has 0 aromatic heterocycles. The average molecular weight is 287 g/mol. The average Bonchev–Trinajstić information content (AvgIpc) is 2.09. The molecule has 8 heteroatoms. The van der Waals surface area contributed by atoms with Crippen LogP contribution in [-0.2, 0) is 18.8 Å². The third-order valence-electron chi connectivity index (χ3n) is 1.10. The van der Waals surface area contributed by atoms with Crippen molar-refractivity contribution in [2.24, 2.45) is 0 Å². The van der Waals surface area contributed by atoms with E-state index < -0.39 is 20.6 Å². The maximum absolute atomic E-state index is 10.5. The molecule has 1 unspecified atom stereocenters. The molecule has 0 heterocycles. The Morgan fingerprint density at radius 2 is 1.76 bits per heavy atom. The summed E-state index contributed by atoms with van der Waals surface area (Å²) in [5.41, 5.74) is 0. The van der Waals surface area contributed by atoms with E-state index in [0.29, 0.717) is 0 Å². The number of hydrogen-bond donors (Lipinski definition) is 2. The highest BCUT2D eigenvalue weighted by atomic mass is 35.5. The maximum atomic E-state index is 10.5. The Hall–Kier alpha value is -0.633. The second-order valence-corrected chi connectivity index (χ2v) is 7.10. The minimum atomic E-state index is -2.59. The Kier molecular flexibility index (Phi) is 10.4. The van der Waals surface area contributed by atoms with Gasteiger partial charge >= 0.3 is 14.5 Å². The lowest BCUT2D eigenvalue weighted by Crippen LogP contribution is -2.38. The molecular weight excluding hydrogens is 268 g/mol. The predicted octanol–water partition coefficient (Wildman–Crippen LogP) is 0.958. The molecule has 0 spiro atoms. The molecule has 0 aliphatic rings. The van der Waals surface area contributed by atoms with Crippen LogP contribution in [0.1, 0.15) is 13.8 Å². The first-order chi connectivity index (χ1) is 7.58. The van der Waals surface area contributed by atoms with Gasteiger partial charge in [0.2, 0.25) is 0 Å². The van der Waals surface area contributed by atoms with Crippen molar-refractivity contribution in [3.8, 4) is 0 Å². The van der Waals surface area contributed by atoms with Gasteiger partial charge in [0.15, 0.2) is 0 Å². The summed E-state index contributed by atoms with van der Waals surface area (Å²) in [4.78, 5) is 28.9. The summed E-state index contributed by atoms with van der Waals surface area (Å²) in [7, 11) is -2.59. The largest absolute Gasteiger partial charge is 0.481 e. The zero-order valence-corrected chi connectivity index (χ0v) is 12.2. The van der Waals surface area contributed by atoms with Gasteiger partial charge in [0.25, 0.3) is 5.97 Å². The number of carbonyl (C=O) groups is 2. The smallest absolute Gasteiger partial charge is 0.329 e. The summed E-state index contributed by atoms with van der Waals surface area (Å²) >= 11 is 5.55. The van der Waals surface area contributed by atoms with Gasteiger partial charge in [-0.25, -0.2) is 0 Å². The van der Waals surface area contributed by atoms with E-state index in [1.165, 1.54) is 6.92 Å². The van der Waals surface area contributed by atoms with Crippen molar-refractivity contribution in [2.75, 3.05) is 12.5 Å². The van der Waals surface area contributed by atoms with Crippen LogP contribution in [0.25, 0.3) is 0 Å². The number of aliphatic carboxylic acids is 1. The summed E-state index contributed by atoms with van der Waals surface area (Å²) < 4.78 is 9.93. The number of carboxylic acids is 1. The number of hydrogen-bond acceptors (Lipinski definition) is 5. The van der Waals surface area contributed by atoms with Gasteiger partial charge in [0.1, 0.15) is 6.61 Å². The number of carbonyl (C=O) groups excluding carboxylic acids is 1. The van der Waals surface area contributed by atoms with Gasteiger partial charge in [-0.3, -0.25) is 9.59 Å². The van der Waals surface area contributed by atoms with E-state index in [9.17, 15) is 9.59 Å².